The van der Waals surface area contributed by atoms with Gasteiger partial charge in [0.15, 0.2) is 0 Å². The van der Waals surface area contributed by atoms with Crippen LogP contribution < -0.4 is 16.4 Å². The number of nitrogens with two attached hydrogens (primary N) is 1. The molecule has 9 nitrogen and oxygen atoms in total. The van der Waals surface area contributed by atoms with Gasteiger partial charge in [-0.1, -0.05) is 0 Å². The summed E-state index contributed by atoms with van der Waals surface area (Å²) in [4.78, 5) is 13.2. The Kier molecular flexibility index (Phi) is 9.91. The van der Waals surface area contributed by atoms with Crippen LogP contribution in [-0.4, -0.2) is 101 Å². The van der Waals surface area contributed by atoms with E-state index in [2.05, 4.69) is 10.6 Å². The molecule has 0 saturated carbocycles. The smallest absolute Gasteiger partial charge is 0.240 e. The highest BCUT2D eigenvalue weighted by Gasteiger charge is 2.49. The lowest BCUT2D eigenvalue weighted by Gasteiger charge is -2.44. The summed E-state index contributed by atoms with van der Waals surface area (Å²) in [6.07, 6.45) is 0.572. The van der Waals surface area contributed by atoms with Crippen molar-refractivity contribution in [2.45, 2.75) is 86.0 Å². The largest absolute Gasteiger partial charge is 0.388 e. The number of hydrogen-bond acceptors (Lipinski definition) is 9. The van der Waals surface area contributed by atoms with Gasteiger partial charge in [0.25, 0.3) is 0 Å². The first-order valence-corrected chi connectivity index (χ1v) is 13.2. The van der Waals surface area contributed by atoms with E-state index in [0.717, 1.165) is 25.7 Å². The van der Waals surface area contributed by atoms with E-state index >= 15 is 0 Å². The Morgan fingerprint density at radius 1 is 1.31 bits per heavy atom. The highest BCUT2D eigenvalue weighted by Crippen LogP contribution is 2.33. The van der Waals surface area contributed by atoms with Gasteiger partial charge in [-0.2, -0.15) is 0 Å². The van der Waals surface area contributed by atoms with Gasteiger partial charge in [0.05, 0.1) is 17.5 Å². The summed E-state index contributed by atoms with van der Waals surface area (Å²) in [5, 5.41) is 36.6. The number of rotatable bonds is 8. The molecule has 3 heterocycles. The fourth-order valence-electron chi connectivity index (χ4n) is 5.14. The van der Waals surface area contributed by atoms with Crippen LogP contribution in [0.15, 0.2) is 0 Å². The van der Waals surface area contributed by atoms with E-state index in [9.17, 15) is 20.1 Å². The summed E-state index contributed by atoms with van der Waals surface area (Å²) in [6.45, 7) is 3.69. The van der Waals surface area contributed by atoms with Crippen LogP contribution in [0.3, 0.4) is 0 Å². The maximum atomic E-state index is 13.2. The maximum absolute atomic E-state index is 13.2. The summed E-state index contributed by atoms with van der Waals surface area (Å²) < 4.78 is 11.9. The summed E-state index contributed by atoms with van der Waals surface area (Å²) in [7, 11) is 0. The Bertz CT molecular complexity index is 618. The van der Waals surface area contributed by atoms with Gasteiger partial charge in [-0.05, 0) is 57.2 Å². The molecule has 0 aromatic carbocycles. The number of fused-ring (bicyclic) bond motifs is 1. The highest BCUT2D eigenvalue weighted by molar-refractivity contribution is 7.99. The predicted molar refractivity (Wildman–Crippen MR) is 123 cm³/mol. The molecule has 3 aliphatic heterocycles. The summed E-state index contributed by atoms with van der Waals surface area (Å²) >= 11 is 7.60. The van der Waals surface area contributed by atoms with Crippen LogP contribution in [0.4, 0.5) is 0 Å². The zero-order chi connectivity index (χ0) is 23.4. The second-order valence-corrected chi connectivity index (χ2v) is 10.8. The zero-order valence-corrected chi connectivity index (χ0v) is 20.3. The first-order valence-electron chi connectivity index (χ1n) is 11.5. The van der Waals surface area contributed by atoms with Crippen LogP contribution in [0.25, 0.3) is 0 Å². The average Bonchev–Trinajstić information content (AvgIpc) is 3.05. The van der Waals surface area contributed by atoms with E-state index < -0.39 is 47.3 Å². The number of aliphatic hydroxyl groups excluding tert-OH is 3. The molecule has 0 radical (unpaired) electrons. The van der Waals surface area contributed by atoms with Gasteiger partial charge in [-0.25, -0.2) is 0 Å². The van der Waals surface area contributed by atoms with E-state index in [4.69, 9.17) is 26.8 Å². The summed E-state index contributed by atoms with van der Waals surface area (Å²) in [5.74, 6) is 0.528. The van der Waals surface area contributed by atoms with E-state index in [1.54, 1.807) is 13.2 Å². The molecule has 3 saturated heterocycles. The molecular weight excluding hydrogens is 458 g/mol. The predicted octanol–water partition coefficient (Wildman–Crippen LogP) is -0.609. The van der Waals surface area contributed by atoms with Crippen molar-refractivity contribution < 1.29 is 29.6 Å². The Morgan fingerprint density at radius 2 is 2.06 bits per heavy atom. The van der Waals surface area contributed by atoms with Gasteiger partial charge in [0.1, 0.15) is 35.9 Å². The molecule has 3 fully saturated rings. The summed E-state index contributed by atoms with van der Waals surface area (Å²) in [6, 6.07) is -1.29. The number of alkyl halides is 1. The topological polar surface area (TPSA) is 146 Å². The Morgan fingerprint density at radius 3 is 2.72 bits per heavy atom. The van der Waals surface area contributed by atoms with Gasteiger partial charge in [-0.3, -0.25) is 4.79 Å². The number of carbonyl (C=O) groups excluding carboxylic acids is 1. The van der Waals surface area contributed by atoms with Crippen LogP contribution in [0.1, 0.15) is 32.6 Å². The van der Waals surface area contributed by atoms with E-state index in [0.29, 0.717) is 25.6 Å². The fraction of sp³-hybridized carbons (Fsp3) is 0.952. The lowest BCUT2D eigenvalue weighted by atomic mass is 9.87. The normalized spacial score (nSPS) is 42.0. The molecule has 0 aliphatic carbocycles. The van der Waals surface area contributed by atoms with Crippen molar-refractivity contribution in [2.24, 2.45) is 17.6 Å². The van der Waals surface area contributed by atoms with E-state index in [1.807, 2.05) is 0 Å². The number of thioether (sulfide) groups is 1. The van der Waals surface area contributed by atoms with Gasteiger partial charge in [-0.15, -0.1) is 23.4 Å². The van der Waals surface area contributed by atoms with Crippen LogP contribution >= 0.6 is 23.4 Å². The van der Waals surface area contributed by atoms with Crippen molar-refractivity contribution >= 4 is 29.3 Å². The third kappa shape index (κ3) is 5.90. The molecule has 32 heavy (non-hydrogen) atoms. The molecule has 0 bridgehead atoms. The molecule has 0 aromatic heterocycles. The minimum absolute atomic E-state index is 0.229. The fourth-order valence-corrected chi connectivity index (χ4v) is 6.02. The molecule has 186 valence electrons. The molecule has 3 aliphatic rings. The summed E-state index contributed by atoms with van der Waals surface area (Å²) in [5.41, 5.74) is 4.92. The van der Waals surface area contributed by atoms with Crippen molar-refractivity contribution in [3.8, 4) is 0 Å². The van der Waals surface area contributed by atoms with Crippen LogP contribution in [0.2, 0.25) is 0 Å². The lowest BCUT2D eigenvalue weighted by Crippen LogP contribution is -2.65. The Balaban J connectivity index is 1.66. The van der Waals surface area contributed by atoms with Crippen molar-refractivity contribution in [1.29, 1.82) is 0 Å². The monoisotopic (exact) mass is 495 g/mol. The number of halogens is 1. The molecule has 3 unspecified atom stereocenters. The van der Waals surface area contributed by atoms with Crippen LogP contribution in [0, 0.1) is 11.8 Å². The molecule has 7 N–H and O–H groups in total. The number of amides is 1. The second kappa shape index (κ2) is 12.0. The molecule has 3 rings (SSSR count). The first-order chi connectivity index (χ1) is 15.3. The number of ether oxygens (including phenoxy) is 2. The Labute approximate surface area is 199 Å². The SMILES string of the molecule is CSC1O[C@H]([C@H](NC(=O)[C@H]2NC[C@@H]3C[C@H](CCCN)CCO[C@H]32)[C@H](C)Cl)C(O)C(O)[C@H]1O. The number of carbonyl (C=O) groups is 1. The maximum Gasteiger partial charge on any atom is 0.240 e. The zero-order valence-electron chi connectivity index (χ0n) is 18.7. The first kappa shape index (κ1) is 26.4. The van der Waals surface area contributed by atoms with E-state index in [-0.39, 0.29) is 17.9 Å². The van der Waals surface area contributed by atoms with Gasteiger partial charge >= 0.3 is 0 Å². The minimum Gasteiger partial charge on any atom is -0.388 e. The van der Waals surface area contributed by atoms with E-state index in [1.165, 1.54) is 11.8 Å². The number of aliphatic hydroxyl groups is 3. The quantitative estimate of drug-likeness (QED) is 0.243. The van der Waals surface area contributed by atoms with Crippen molar-refractivity contribution in [1.82, 2.24) is 10.6 Å². The molecular formula is C21H38ClN3O6S. The molecule has 0 aromatic rings. The van der Waals surface area contributed by atoms with Gasteiger partial charge < -0.3 is 41.2 Å². The third-order valence-electron chi connectivity index (χ3n) is 6.96. The molecule has 11 heteroatoms. The molecule has 1 amide bonds. The molecule has 11 atom stereocenters. The number of hydrogen-bond donors (Lipinski definition) is 6. The van der Waals surface area contributed by atoms with Gasteiger partial charge in [0.2, 0.25) is 5.91 Å². The van der Waals surface area contributed by atoms with Crippen molar-refractivity contribution in [3.63, 3.8) is 0 Å². The van der Waals surface area contributed by atoms with Crippen molar-refractivity contribution in [2.75, 3.05) is 26.0 Å². The number of nitrogens with one attached hydrogen (secondary N) is 2. The van der Waals surface area contributed by atoms with Crippen molar-refractivity contribution in [3.05, 3.63) is 0 Å². The minimum atomic E-state index is -1.40. The van der Waals surface area contributed by atoms with Crippen LogP contribution in [0.5, 0.6) is 0 Å². The van der Waals surface area contributed by atoms with Gasteiger partial charge in [0, 0.05) is 13.2 Å². The third-order valence-corrected chi connectivity index (χ3v) is 8.09. The van der Waals surface area contributed by atoms with Crippen LogP contribution in [-0.2, 0) is 14.3 Å². The highest BCUT2D eigenvalue weighted by atomic mass is 35.5. The molecule has 0 spiro atoms. The standard InChI is InChI=1S/C21H38ClN3O6S/c1-10(22)13(19-16(27)15(26)17(28)21(31-19)32-2)25-20(29)14-18-12(9-24-14)8-11(4-3-6-23)5-7-30-18/h10-19,21,24,26-28H,3-9,23H2,1-2H3,(H,25,29)/t10-,11+,12-,13+,14-,15?,16?,17+,18+,19+,21?/m0/s1. The lowest BCUT2D eigenvalue weighted by molar-refractivity contribution is -0.205. The average molecular weight is 496 g/mol. The second-order valence-electron chi connectivity index (χ2n) is 9.19. The Hall–Kier alpha value is -0.170.